The van der Waals surface area contributed by atoms with E-state index in [1.54, 1.807) is 7.11 Å². The summed E-state index contributed by atoms with van der Waals surface area (Å²) in [6.07, 6.45) is 3.14. The first-order chi connectivity index (χ1) is 9.04. The molecule has 2 rings (SSSR count). The van der Waals surface area contributed by atoms with Gasteiger partial charge in [-0.05, 0) is 42.9 Å². The maximum atomic E-state index is 13.2. The van der Waals surface area contributed by atoms with Crippen LogP contribution in [0.5, 0.6) is 0 Å². The van der Waals surface area contributed by atoms with E-state index in [-0.39, 0.29) is 22.6 Å². The van der Waals surface area contributed by atoms with Crippen LogP contribution < -0.4 is 11.1 Å². The first-order valence-corrected chi connectivity index (χ1v) is 6.38. The van der Waals surface area contributed by atoms with Crippen molar-refractivity contribution in [3.8, 4) is 0 Å². The molecule has 0 aromatic heterocycles. The lowest BCUT2D eigenvalue weighted by molar-refractivity contribution is 0.0937. The molecule has 0 spiro atoms. The number of hydrogen-bond donors (Lipinski definition) is 2. The van der Waals surface area contributed by atoms with E-state index in [2.05, 4.69) is 5.32 Å². The Morgan fingerprint density at radius 1 is 1.47 bits per heavy atom. The molecule has 0 bridgehead atoms. The molecule has 1 amide bonds. The van der Waals surface area contributed by atoms with Gasteiger partial charge in [0.25, 0.3) is 5.91 Å². The smallest absolute Gasteiger partial charge is 0.251 e. The van der Waals surface area contributed by atoms with Gasteiger partial charge < -0.3 is 15.8 Å². The molecule has 19 heavy (non-hydrogen) atoms. The van der Waals surface area contributed by atoms with Gasteiger partial charge >= 0.3 is 0 Å². The number of carbonyl (C=O) groups excluding carboxylic acids is 1. The van der Waals surface area contributed by atoms with Crippen LogP contribution >= 0.6 is 0 Å². The van der Waals surface area contributed by atoms with Crippen molar-refractivity contribution in [2.75, 3.05) is 26.0 Å². The molecule has 0 unspecified atom stereocenters. The first kappa shape index (κ1) is 13.8. The Balaban J connectivity index is 1.91. The summed E-state index contributed by atoms with van der Waals surface area (Å²) in [6.45, 7) is 1.30. The molecule has 0 radical (unpaired) electrons. The fraction of sp³-hybridized carbons (Fsp3) is 0.500. The minimum Gasteiger partial charge on any atom is -0.399 e. The monoisotopic (exact) mass is 266 g/mol. The van der Waals surface area contributed by atoms with Crippen molar-refractivity contribution in [2.45, 2.75) is 19.3 Å². The number of nitrogens with two attached hydrogens (primary N) is 1. The highest BCUT2D eigenvalue weighted by atomic mass is 19.1. The predicted octanol–water partition coefficient (Wildman–Crippen LogP) is 1.95. The van der Waals surface area contributed by atoms with Crippen LogP contribution in [0.1, 0.15) is 29.6 Å². The summed E-state index contributed by atoms with van der Waals surface area (Å²) in [5.74, 6) is -0.777. The van der Waals surface area contributed by atoms with Crippen LogP contribution in [0.2, 0.25) is 0 Å². The Kier molecular flexibility index (Phi) is 4.04. The van der Waals surface area contributed by atoms with Gasteiger partial charge in [-0.25, -0.2) is 4.39 Å². The highest BCUT2D eigenvalue weighted by molar-refractivity contribution is 5.95. The lowest BCUT2D eigenvalue weighted by Crippen LogP contribution is -2.30. The third-order valence-electron chi connectivity index (χ3n) is 3.60. The number of anilines is 1. The molecule has 0 saturated heterocycles. The molecule has 104 valence electrons. The van der Waals surface area contributed by atoms with Crippen LogP contribution in [0.15, 0.2) is 18.2 Å². The van der Waals surface area contributed by atoms with E-state index in [1.807, 2.05) is 0 Å². The van der Waals surface area contributed by atoms with E-state index < -0.39 is 5.82 Å². The first-order valence-electron chi connectivity index (χ1n) is 6.38. The quantitative estimate of drug-likeness (QED) is 0.774. The number of rotatable bonds is 6. The Labute approximate surface area is 112 Å². The molecule has 0 aliphatic heterocycles. The van der Waals surface area contributed by atoms with Crippen LogP contribution in [0.4, 0.5) is 10.1 Å². The molecule has 1 saturated carbocycles. The zero-order chi connectivity index (χ0) is 13.9. The minimum atomic E-state index is -0.495. The molecule has 3 N–H and O–H groups in total. The van der Waals surface area contributed by atoms with Gasteiger partial charge in [-0.3, -0.25) is 4.79 Å². The number of benzene rings is 1. The lowest BCUT2D eigenvalue weighted by atomic mass is 10.0. The highest BCUT2D eigenvalue weighted by Gasteiger charge is 2.42. The van der Waals surface area contributed by atoms with Gasteiger partial charge in [0.15, 0.2) is 0 Å². The Morgan fingerprint density at radius 2 is 2.21 bits per heavy atom. The van der Waals surface area contributed by atoms with E-state index in [9.17, 15) is 9.18 Å². The van der Waals surface area contributed by atoms with Gasteiger partial charge in [0.05, 0.1) is 0 Å². The molecule has 0 atom stereocenters. The van der Waals surface area contributed by atoms with E-state index in [1.165, 1.54) is 18.2 Å². The lowest BCUT2D eigenvalue weighted by Gasteiger charge is -2.15. The summed E-state index contributed by atoms with van der Waals surface area (Å²) in [5.41, 5.74) is 6.21. The molecule has 5 heteroatoms. The van der Waals surface area contributed by atoms with Gasteiger partial charge in [0, 0.05) is 31.5 Å². The highest BCUT2D eigenvalue weighted by Crippen LogP contribution is 2.48. The fourth-order valence-electron chi connectivity index (χ4n) is 2.12. The van der Waals surface area contributed by atoms with Gasteiger partial charge in [0.1, 0.15) is 5.82 Å². The minimum absolute atomic E-state index is 0.171. The number of hydrogen-bond acceptors (Lipinski definition) is 3. The third kappa shape index (κ3) is 3.67. The van der Waals surface area contributed by atoms with Gasteiger partial charge in [-0.2, -0.15) is 0 Å². The normalized spacial score (nSPS) is 16.1. The molecule has 1 fully saturated rings. The third-order valence-corrected chi connectivity index (χ3v) is 3.60. The van der Waals surface area contributed by atoms with Crippen molar-refractivity contribution in [1.82, 2.24) is 5.32 Å². The SMILES string of the molecule is COCCC1(CNC(=O)c2cc(N)cc(F)c2)CC1. The number of carbonyl (C=O) groups is 1. The summed E-state index contributed by atoms with van der Waals surface area (Å²) < 4.78 is 18.2. The van der Waals surface area contributed by atoms with Crippen molar-refractivity contribution in [3.63, 3.8) is 0 Å². The number of ether oxygens (including phenoxy) is 1. The van der Waals surface area contributed by atoms with Crippen molar-refractivity contribution >= 4 is 11.6 Å². The second-order valence-electron chi connectivity index (χ2n) is 5.20. The number of nitrogens with one attached hydrogen (secondary N) is 1. The maximum absolute atomic E-state index is 13.2. The number of amides is 1. The Morgan fingerprint density at radius 3 is 2.79 bits per heavy atom. The molecule has 1 aliphatic carbocycles. The van der Waals surface area contributed by atoms with Crippen LogP contribution in [0.25, 0.3) is 0 Å². The average molecular weight is 266 g/mol. The number of methoxy groups -OCH3 is 1. The molecular formula is C14H19FN2O2. The van der Waals surface area contributed by atoms with Crippen LogP contribution in [-0.4, -0.2) is 26.2 Å². The molecule has 0 heterocycles. The maximum Gasteiger partial charge on any atom is 0.251 e. The molecule has 1 aromatic carbocycles. The number of nitrogen functional groups attached to an aromatic ring is 1. The Bertz CT molecular complexity index is 452. The largest absolute Gasteiger partial charge is 0.399 e. The summed E-state index contributed by atoms with van der Waals surface area (Å²) in [4.78, 5) is 11.9. The standard InChI is InChI=1S/C14H19FN2O2/c1-19-5-4-14(2-3-14)9-17-13(18)10-6-11(15)8-12(16)7-10/h6-8H,2-5,9,16H2,1H3,(H,17,18). The van der Waals surface area contributed by atoms with Crippen molar-refractivity contribution in [3.05, 3.63) is 29.6 Å². The van der Waals surface area contributed by atoms with Crippen molar-refractivity contribution < 1.29 is 13.9 Å². The summed E-state index contributed by atoms with van der Waals surface area (Å²) in [6, 6.07) is 3.87. The molecule has 1 aromatic rings. The van der Waals surface area contributed by atoms with Crippen molar-refractivity contribution in [1.29, 1.82) is 0 Å². The fourth-order valence-corrected chi connectivity index (χ4v) is 2.12. The molecule has 1 aliphatic rings. The molecular weight excluding hydrogens is 247 g/mol. The van der Waals surface area contributed by atoms with E-state index in [0.29, 0.717) is 13.2 Å². The van der Waals surface area contributed by atoms with E-state index >= 15 is 0 Å². The van der Waals surface area contributed by atoms with E-state index in [4.69, 9.17) is 10.5 Å². The zero-order valence-corrected chi connectivity index (χ0v) is 11.0. The van der Waals surface area contributed by atoms with Gasteiger partial charge in [-0.1, -0.05) is 0 Å². The summed E-state index contributed by atoms with van der Waals surface area (Å²) >= 11 is 0. The number of halogens is 1. The van der Waals surface area contributed by atoms with Gasteiger partial charge in [-0.15, -0.1) is 0 Å². The van der Waals surface area contributed by atoms with Crippen LogP contribution in [-0.2, 0) is 4.74 Å². The summed E-state index contributed by atoms with van der Waals surface area (Å²) in [5, 5.41) is 2.85. The Hall–Kier alpha value is -1.62. The second kappa shape index (κ2) is 5.57. The summed E-state index contributed by atoms with van der Waals surface area (Å²) in [7, 11) is 1.67. The second-order valence-corrected chi connectivity index (χ2v) is 5.20. The zero-order valence-electron chi connectivity index (χ0n) is 11.0. The van der Waals surface area contributed by atoms with Crippen LogP contribution in [0, 0.1) is 11.2 Å². The van der Waals surface area contributed by atoms with E-state index in [0.717, 1.165) is 19.3 Å². The average Bonchev–Trinajstić information content (AvgIpc) is 3.13. The van der Waals surface area contributed by atoms with Crippen LogP contribution in [0.3, 0.4) is 0 Å². The molecule has 4 nitrogen and oxygen atoms in total. The topological polar surface area (TPSA) is 64.3 Å². The van der Waals surface area contributed by atoms with Gasteiger partial charge in [0.2, 0.25) is 0 Å². The van der Waals surface area contributed by atoms with Crippen molar-refractivity contribution in [2.24, 2.45) is 5.41 Å². The predicted molar refractivity (Wildman–Crippen MR) is 71.3 cm³/mol.